The number of phenols is 1. The van der Waals surface area contributed by atoms with Gasteiger partial charge < -0.3 is 15.7 Å². The summed E-state index contributed by atoms with van der Waals surface area (Å²) in [5.74, 6) is 0.582. The van der Waals surface area contributed by atoms with Gasteiger partial charge in [0, 0.05) is 23.8 Å². The Bertz CT molecular complexity index is 803. The first kappa shape index (κ1) is 15.5. The summed E-state index contributed by atoms with van der Waals surface area (Å²) in [5, 5.41) is 15.1. The molecule has 0 saturated heterocycles. The molecule has 0 unspecified atom stereocenters. The van der Waals surface area contributed by atoms with Crippen molar-refractivity contribution in [2.45, 2.75) is 6.42 Å². The van der Waals surface area contributed by atoms with E-state index in [0.717, 1.165) is 11.3 Å². The summed E-state index contributed by atoms with van der Waals surface area (Å²) in [7, 11) is 0. The second kappa shape index (κ2) is 7.23. The molecular formula is C18H16N4O2. The molecule has 3 aromatic rings. The Balaban J connectivity index is 1.57. The average molecular weight is 320 g/mol. The monoisotopic (exact) mass is 320 g/mol. The topological polar surface area (TPSA) is 87.1 Å². The number of amides is 1. The largest absolute Gasteiger partial charge is 0.508 e. The lowest BCUT2D eigenvalue weighted by molar-refractivity contribution is -0.115. The zero-order valence-electron chi connectivity index (χ0n) is 12.8. The Morgan fingerprint density at radius 3 is 2.21 bits per heavy atom. The van der Waals surface area contributed by atoms with Crippen LogP contribution in [0.2, 0.25) is 0 Å². The Labute approximate surface area is 139 Å². The molecule has 1 heterocycles. The van der Waals surface area contributed by atoms with Gasteiger partial charge in [-0.05, 0) is 48.0 Å². The molecule has 120 valence electrons. The van der Waals surface area contributed by atoms with Crippen LogP contribution in [-0.2, 0) is 11.2 Å². The van der Waals surface area contributed by atoms with E-state index in [1.807, 2.05) is 12.1 Å². The number of aromatic nitrogens is 2. The van der Waals surface area contributed by atoms with Crippen molar-refractivity contribution in [3.63, 3.8) is 0 Å². The first-order valence-corrected chi connectivity index (χ1v) is 7.41. The molecule has 2 aromatic carbocycles. The molecule has 3 N–H and O–H groups in total. The number of hydrogen-bond donors (Lipinski definition) is 3. The van der Waals surface area contributed by atoms with Gasteiger partial charge in [0.2, 0.25) is 11.9 Å². The third kappa shape index (κ3) is 4.30. The molecule has 0 fully saturated rings. The van der Waals surface area contributed by atoms with Gasteiger partial charge in [0.05, 0.1) is 6.42 Å². The van der Waals surface area contributed by atoms with Crippen molar-refractivity contribution in [1.29, 1.82) is 0 Å². The van der Waals surface area contributed by atoms with Gasteiger partial charge >= 0.3 is 0 Å². The van der Waals surface area contributed by atoms with Crippen molar-refractivity contribution < 1.29 is 9.90 Å². The van der Waals surface area contributed by atoms with Crippen molar-refractivity contribution >= 4 is 23.2 Å². The average Bonchev–Trinajstić information content (AvgIpc) is 2.60. The second-order valence-corrected chi connectivity index (χ2v) is 5.17. The summed E-state index contributed by atoms with van der Waals surface area (Å²) in [6.45, 7) is 0. The van der Waals surface area contributed by atoms with Crippen molar-refractivity contribution in [2.75, 3.05) is 10.6 Å². The molecule has 0 spiro atoms. The summed E-state index contributed by atoms with van der Waals surface area (Å²) >= 11 is 0. The quantitative estimate of drug-likeness (QED) is 0.672. The number of nitrogens with one attached hydrogen (secondary N) is 2. The van der Waals surface area contributed by atoms with Crippen LogP contribution in [0.15, 0.2) is 67.0 Å². The summed E-state index contributed by atoms with van der Waals surface area (Å²) < 4.78 is 0. The van der Waals surface area contributed by atoms with Crippen molar-refractivity contribution in [3.8, 4) is 5.75 Å². The minimum atomic E-state index is -0.118. The molecule has 0 aliphatic heterocycles. The molecule has 3 rings (SSSR count). The van der Waals surface area contributed by atoms with E-state index >= 15 is 0 Å². The van der Waals surface area contributed by atoms with Gasteiger partial charge in [-0.25, -0.2) is 9.97 Å². The standard InChI is InChI=1S/C18H16N4O2/c23-16-8-2-13(3-9-16)12-17(24)21-14-4-6-15(7-5-14)22-18-19-10-1-11-20-18/h1-11,23H,12H2,(H,21,24)(H,19,20,22). The van der Waals surface area contributed by atoms with Gasteiger partial charge in [0.1, 0.15) is 5.75 Å². The lowest BCUT2D eigenvalue weighted by atomic mass is 10.1. The van der Waals surface area contributed by atoms with Crippen LogP contribution in [0.3, 0.4) is 0 Å². The number of anilines is 3. The van der Waals surface area contributed by atoms with Crippen LogP contribution in [0.4, 0.5) is 17.3 Å². The molecule has 1 aromatic heterocycles. The van der Waals surface area contributed by atoms with E-state index in [-0.39, 0.29) is 18.1 Å². The maximum atomic E-state index is 12.0. The number of hydrogen-bond acceptors (Lipinski definition) is 5. The van der Waals surface area contributed by atoms with E-state index in [1.54, 1.807) is 54.9 Å². The summed E-state index contributed by atoms with van der Waals surface area (Å²) in [6.07, 6.45) is 3.57. The van der Waals surface area contributed by atoms with Crippen molar-refractivity contribution in [2.24, 2.45) is 0 Å². The van der Waals surface area contributed by atoms with Crippen LogP contribution >= 0.6 is 0 Å². The summed E-state index contributed by atoms with van der Waals surface area (Å²) in [6, 6.07) is 15.6. The van der Waals surface area contributed by atoms with Gasteiger partial charge in [-0.1, -0.05) is 12.1 Å². The number of carbonyl (C=O) groups excluding carboxylic acids is 1. The highest BCUT2D eigenvalue weighted by Crippen LogP contribution is 2.17. The molecule has 0 aliphatic rings. The molecule has 0 aliphatic carbocycles. The first-order valence-electron chi connectivity index (χ1n) is 7.41. The van der Waals surface area contributed by atoms with E-state index in [1.165, 1.54) is 0 Å². The number of nitrogens with zero attached hydrogens (tertiary/aromatic N) is 2. The number of carbonyl (C=O) groups is 1. The molecule has 0 saturated carbocycles. The van der Waals surface area contributed by atoms with E-state index in [9.17, 15) is 9.90 Å². The third-order valence-corrected chi connectivity index (χ3v) is 3.29. The Hall–Kier alpha value is -3.41. The molecule has 0 radical (unpaired) electrons. The summed E-state index contributed by atoms with van der Waals surface area (Å²) in [5.41, 5.74) is 2.38. The number of phenolic OH excluding ortho intramolecular Hbond substituents is 1. The molecule has 6 heteroatoms. The Morgan fingerprint density at radius 1 is 0.917 bits per heavy atom. The fourth-order valence-electron chi connectivity index (χ4n) is 2.13. The Morgan fingerprint density at radius 2 is 1.54 bits per heavy atom. The van der Waals surface area contributed by atoms with E-state index in [2.05, 4.69) is 20.6 Å². The third-order valence-electron chi connectivity index (χ3n) is 3.29. The Kier molecular flexibility index (Phi) is 4.67. The maximum absolute atomic E-state index is 12.0. The van der Waals surface area contributed by atoms with Crippen LogP contribution in [0.25, 0.3) is 0 Å². The fourth-order valence-corrected chi connectivity index (χ4v) is 2.13. The number of benzene rings is 2. The summed E-state index contributed by atoms with van der Waals surface area (Å²) in [4.78, 5) is 20.2. The second-order valence-electron chi connectivity index (χ2n) is 5.17. The van der Waals surface area contributed by atoms with Crippen LogP contribution in [0, 0.1) is 0 Å². The minimum Gasteiger partial charge on any atom is -0.508 e. The lowest BCUT2D eigenvalue weighted by Crippen LogP contribution is -2.14. The van der Waals surface area contributed by atoms with Gasteiger partial charge in [0.25, 0.3) is 0 Å². The molecule has 0 bridgehead atoms. The van der Waals surface area contributed by atoms with Crippen molar-refractivity contribution in [3.05, 3.63) is 72.6 Å². The van der Waals surface area contributed by atoms with E-state index in [4.69, 9.17) is 0 Å². The van der Waals surface area contributed by atoms with Crippen LogP contribution in [-0.4, -0.2) is 21.0 Å². The first-order chi connectivity index (χ1) is 11.7. The highest BCUT2D eigenvalue weighted by atomic mass is 16.3. The van der Waals surface area contributed by atoms with Gasteiger partial charge in [-0.3, -0.25) is 4.79 Å². The maximum Gasteiger partial charge on any atom is 0.228 e. The van der Waals surface area contributed by atoms with Gasteiger partial charge in [0.15, 0.2) is 0 Å². The predicted molar refractivity (Wildman–Crippen MR) is 92.2 cm³/mol. The smallest absolute Gasteiger partial charge is 0.228 e. The fraction of sp³-hybridized carbons (Fsp3) is 0.0556. The highest BCUT2D eigenvalue weighted by molar-refractivity contribution is 5.92. The zero-order valence-corrected chi connectivity index (χ0v) is 12.8. The highest BCUT2D eigenvalue weighted by Gasteiger charge is 2.05. The van der Waals surface area contributed by atoms with Gasteiger partial charge in [-0.15, -0.1) is 0 Å². The van der Waals surface area contributed by atoms with Gasteiger partial charge in [-0.2, -0.15) is 0 Å². The number of rotatable bonds is 5. The molecule has 24 heavy (non-hydrogen) atoms. The molecule has 1 amide bonds. The molecule has 6 nitrogen and oxygen atoms in total. The van der Waals surface area contributed by atoms with Crippen LogP contribution in [0.5, 0.6) is 5.75 Å². The van der Waals surface area contributed by atoms with E-state index in [0.29, 0.717) is 11.6 Å². The zero-order chi connectivity index (χ0) is 16.8. The SMILES string of the molecule is O=C(Cc1ccc(O)cc1)Nc1ccc(Nc2ncccn2)cc1. The molecule has 0 atom stereocenters. The molecular weight excluding hydrogens is 304 g/mol. The van der Waals surface area contributed by atoms with E-state index < -0.39 is 0 Å². The van der Waals surface area contributed by atoms with Crippen molar-refractivity contribution in [1.82, 2.24) is 9.97 Å². The lowest BCUT2D eigenvalue weighted by Gasteiger charge is -2.08. The van der Waals surface area contributed by atoms with Crippen LogP contribution in [0.1, 0.15) is 5.56 Å². The minimum absolute atomic E-state index is 0.118. The normalized spacial score (nSPS) is 10.2. The predicted octanol–water partition coefficient (Wildman–Crippen LogP) is 3.11. The van der Waals surface area contributed by atoms with Crippen LogP contribution < -0.4 is 10.6 Å². The number of aromatic hydroxyl groups is 1.